The van der Waals surface area contributed by atoms with Gasteiger partial charge >= 0.3 is 0 Å². The molecule has 39 heavy (non-hydrogen) atoms. The summed E-state index contributed by atoms with van der Waals surface area (Å²) in [6.07, 6.45) is 2.58. The number of nitrogens with one attached hydrogen (secondary N) is 1. The highest BCUT2D eigenvalue weighted by Crippen LogP contribution is 2.29. The average Bonchev–Trinajstić information content (AvgIpc) is 3.67. The van der Waals surface area contributed by atoms with Crippen molar-refractivity contribution >= 4 is 17.2 Å². The molecule has 0 aliphatic rings. The van der Waals surface area contributed by atoms with Crippen LogP contribution in [0.2, 0.25) is 0 Å². The molecule has 6 heteroatoms. The summed E-state index contributed by atoms with van der Waals surface area (Å²) in [6.45, 7) is 4.84. The Bertz CT molecular complexity index is 1390. The van der Waals surface area contributed by atoms with Gasteiger partial charge in [-0.3, -0.25) is 9.69 Å². The van der Waals surface area contributed by atoms with Gasteiger partial charge in [-0.2, -0.15) is 0 Å². The Morgan fingerprint density at radius 3 is 2.23 bits per heavy atom. The normalized spacial score (nSPS) is 11.3. The second-order valence-corrected chi connectivity index (χ2v) is 10.7. The summed E-state index contributed by atoms with van der Waals surface area (Å²) < 4.78 is 5.31. The lowest BCUT2D eigenvalue weighted by Crippen LogP contribution is -2.26. The lowest BCUT2D eigenvalue weighted by Gasteiger charge is -2.25. The van der Waals surface area contributed by atoms with E-state index in [-0.39, 0.29) is 5.91 Å². The summed E-state index contributed by atoms with van der Waals surface area (Å²) >= 11 is 1.53. The molecule has 0 aliphatic heterocycles. The van der Waals surface area contributed by atoms with E-state index in [0.717, 1.165) is 30.3 Å². The summed E-state index contributed by atoms with van der Waals surface area (Å²) in [4.78, 5) is 19.8. The molecule has 0 saturated heterocycles. The van der Waals surface area contributed by atoms with E-state index in [0.29, 0.717) is 24.7 Å². The number of amides is 1. The van der Waals surface area contributed by atoms with Gasteiger partial charge in [-0.05, 0) is 48.7 Å². The Morgan fingerprint density at radius 2 is 1.59 bits per heavy atom. The van der Waals surface area contributed by atoms with Gasteiger partial charge in [0.15, 0.2) is 0 Å². The Morgan fingerprint density at radius 1 is 0.897 bits per heavy atom. The molecule has 0 aliphatic carbocycles. The van der Waals surface area contributed by atoms with E-state index in [1.165, 1.54) is 33.6 Å². The van der Waals surface area contributed by atoms with Gasteiger partial charge in [0.05, 0.1) is 19.4 Å². The summed E-state index contributed by atoms with van der Waals surface area (Å²) in [5, 5.41) is 5.66. The van der Waals surface area contributed by atoms with Crippen LogP contribution in [-0.2, 0) is 19.6 Å². The van der Waals surface area contributed by atoms with E-state index in [4.69, 9.17) is 4.42 Å². The number of thiazole rings is 1. The van der Waals surface area contributed by atoms with Gasteiger partial charge in [0.1, 0.15) is 16.5 Å². The number of benzene rings is 3. The second kappa shape index (κ2) is 13.2. The summed E-state index contributed by atoms with van der Waals surface area (Å²) in [7, 11) is 0. The molecule has 0 saturated carbocycles. The third kappa shape index (κ3) is 7.53. The number of hydrogen-bond acceptors (Lipinski definition) is 5. The molecule has 1 amide bonds. The Balaban J connectivity index is 1.31. The van der Waals surface area contributed by atoms with Crippen LogP contribution in [0.5, 0.6) is 0 Å². The predicted molar refractivity (Wildman–Crippen MR) is 157 cm³/mol. The number of furan rings is 1. The lowest BCUT2D eigenvalue weighted by atomic mass is 9.88. The fraction of sp³-hybridized carbons (Fsp3) is 0.212. The number of hydrogen-bond donors (Lipinski definition) is 1. The monoisotopic (exact) mass is 535 g/mol. The molecule has 5 rings (SSSR count). The van der Waals surface area contributed by atoms with Crippen LogP contribution >= 0.6 is 11.3 Å². The number of aromatic nitrogens is 1. The maximum absolute atomic E-state index is 12.7. The van der Waals surface area contributed by atoms with Crippen molar-refractivity contribution in [3.8, 4) is 0 Å². The molecule has 2 aromatic heterocycles. The van der Waals surface area contributed by atoms with Crippen LogP contribution in [0.15, 0.2) is 113 Å². The smallest absolute Gasteiger partial charge is 0.271 e. The third-order valence-electron chi connectivity index (χ3n) is 6.81. The van der Waals surface area contributed by atoms with Crippen molar-refractivity contribution in [1.29, 1.82) is 0 Å². The predicted octanol–water partition coefficient (Wildman–Crippen LogP) is 7.20. The number of carbonyl (C=O) groups is 1. The minimum atomic E-state index is -0.188. The first-order chi connectivity index (χ1) is 19.1. The zero-order valence-corrected chi connectivity index (χ0v) is 22.9. The van der Waals surface area contributed by atoms with Gasteiger partial charge in [-0.1, -0.05) is 90.5 Å². The van der Waals surface area contributed by atoms with E-state index >= 15 is 0 Å². The van der Waals surface area contributed by atoms with Gasteiger partial charge in [-0.25, -0.2) is 4.98 Å². The zero-order chi connectivity index (χ0) is 26.9. The van der Waals surface area contributed by atoms with Crippen LogP contribution in [0.1, 0.15) is 55.8 Å². The first-order valence-electron chi connectivity index (χ1n) is 13.3. The zero-order valence-electron chi connectivity index (χ0n) is 22.1. The number of aryl methyl sites for hydroxylation is 1. The van der Waals surface area contributed by atoms with Gasteiger partial charge in [0, 0.05) is 17.8 Å². The topological polar surface area (TPSA) is 58.4 Å². The van der Waals surface area contributed by atoms with Crippen LogP contribution in [-0.4, -0.2) is 22.3 Å². The van der Waals surface area contributed by atoms with Crippen LogP contribution in [0.4, 0.5) is 0 Å². The van der Waals surface area contributed by atoms with Crippen LogP contribution < -0.4 is 5.32 Å². The lowest BCUT2D eigenvalue weighted by molar-refractivity contribution is 0.0943. The highest BCUT2D eigenvalue weighted by atomic mass is 32.1. The maximum Gasteiger partial charge on any atom is 0.271 e. The Hall–Kier alpha value is -4.00. The Kier molecular flexibility index (Phi) is 8.99. The standard InChI is InChI=1S/C33H33N3O2S/c1-25-14-16-26(17-15-25)22-36(19-18-30(27-9-4-2-5-10-27)28-11-6-3-7-12-28)23-32-35-31(24-39-32)33(37)34-21-29-13-8-20-38-29/h2-17,20,24,30H,18-19,21-23H2,1H3,(H,34,37). The molecule has 0 spiro atoms. The largest absolute Gasteiger partial charge is 0.467 e. The first kappa shape index (κ1) is 26.6. The van der Waals surface area contributed by atoms with E-state index in [1.807, 2.05) is 17.5 Å². The minimum Gasteiger partial charge on any atom is -0.467 e. The van der Waals surface area contributed by atoms with Crippen molar-refractivity contribution in [2.75, 3.05) is 6.54 Å². The van der Waals surface area contributed by atoms with Crippen LogP contribution in [0, 0.1) is 6.92 Å². The molecular weight excluding hydrogens is 502 g/mol. The van der Waals surface area contributed by atoms with Crippen molar-refractivity contribution in [2.45, 2.75) is 38.9 Å². The van der Waals surface area contributed by atoms with Crippen LogP contribution in [0.25, 0.3) is 0 Å². The van der Waals surface area contributed by atoms with Crippen molar-refractivity contribution in [3.05, 3.63) is 147 Å². The maximum atomic E-state index is 12.7. The molecule has 2 heterocycles. The van der Waals surface area contributed by atoms with Crippen molar-refractivity contribution in [2.24, 2.45) is 0 Å². The van der Waals surface area contributed by atoms with E-state index in [1.54, 1.807) is 6.26 Å². The number of carbonyl (C=O) groups excluding carboxylic acids is 1. The molecule has 3 aromatic carbocycles. The molecular formula is C33H33N3O2S. The average molecular weight is 536 g/mol. The number of nitrogens with zero attached hydrogens (tertiary/aromatic N) is 2. The molecule has 0 fully saturated rings. The van der Waals surface area contributed by atoms with E-state index in [2.05, 4.69) is 107 Å². The minimum absolute atomic E-state index is 0.188. The molecule has 1 N–H and O–H groups in total. The SMILES string of the molecule is Cc1ccc(CN(CCC(c2ccccc2)c2ccccc2)Cc2nc(C(=O)NCc3ccco3)cs2)cc1. The van der Waals surface area contributed by atoms with Crippen LogP contribution in [0.3, 0.4) is 0 Å². The van der Waals surface area contributed by atoms with E-state index < -0.39 is 0 Å². The fourth-order valence-corrected chi connectivity index (χ4v) is 5.54. The van der Waals surface area contributed by atoms with Gasteiger partial charge in [-0.15, -0.1) is 11.3 Å². The van der Waals surface area contributed by atoms with E-state index in [9.17, 15) is 4.79 Å². The van der Waals surface area contributed by atoms with Crippen molar-refractivity contribution in [1.82, 2.24) is 15.2 Å². The van der Waals surface area contributed by atoms with Crippen molar-refractivity contribution < 1.29 is 9.21 Å². The molecule has 0 atom stereocenters. The number of rotatable bonds is 12. The molecule has 0 unspecified atom stereocenters. The summed E-state index contributed by atoms with van der Waals surface area (Å²) in [5.74, 6) is 0.828. The highest BCUT2D eigenvalue weighted by Gasteiger charge is 2.18. The first-order valence-corrected chi connectivity index (χ1v) is 14.1. The molecule has 0 bridgehead atoms. The summed E-state index contributed by atoms with van der Waals surface area (Å²) in [6, 6.07) is 33.8. The highest BCUT2D eigenvalue weighted by molar-refractivity contribution is 7.09. The van der Waals surface area contributed by atoms with Gasteiger partial charge < -0.3 is 9.73 Å². The fourth-order valence-electron chi connectivity index (χ4n) is 4.72. The Labute approximate surface area is 234 Å². The van der Waals surface area contributed by atoms with Crippen molar-refractivity contribution in [3.63, 3.8) is 0 Å². The summed E-state index contributed by atoms with van der Waals surface area (Å²) in [5.41, 5.74) is 5.61. The van der Waals surface area contributed by atoms with Gasteiger partial charge in [0.2, 0.25) is 0 Å². The molecule has 5 aromatic rings. The second-order valence-electron chi connectivity index (χ2n) is 9.75. The quantitative estimate of drug-likeness (QED) is 0.184. The molecule has 0 radical (unpaired) electrons. The molecule has 5 nitrogen and oxygen atoms in total. The molecule has 198 valence electrons. The van der Waals surface area contributed by atoms with Gasteiger partial charge in [0.25, 0.3) is 5.91 Å². The third-order valence-corrected chi connectivity index (χ3v) is 7.64.